The van der Waals surface area contributed by atoms with Crippen molar-refractivity contribution in [3.63, 3.8) is 0 Å². The Hall–Kier alpha value is -1.78. The fraction of sp³-hybridized carbons (Fsp3) is 0.455. The maximum Gasteiger partial charge on any atom is 0.262 e. The molecule has 2 rings (SSSR count). The first kappa shape index (κ1) is 10.7. The Morgan fingerprint density at radius 3 is 3.06 bits per heavy atom. The number of rotatable bonds is 4. The summed E-state index contributed by atoms with van der Waals surface area (Å²) in [5.74, 6) is 1.51. The van der Waals surface area contributed by atoms with Crippen LogP contribution in [0.25, 0.3) is 0 Å². The number of ketones is 1. The number of ether oxygens (including phenoxy) is 2. The average Bonchev–Trinajstić information content (AvgIpc) is 2.71. The van der Waals surface area contributed by atoms with E-state index in [2.05, 4.69) is 10.3 Å². The molecule has 0 radical (unpaired) electrons. The van der Waals surface area contributed by atoms with Crippen LogP contribution in [0.3, 0.4) is 0 Å². The fourth-order valence-electron chi connectivity index (χ4n) is 1.48. The van der Waals surface area contributed by atoms with Gasteiger partial charge in [0.1, 0.15) is 5.82 Å². The second-order valence-corrected chi connectivity index (χ2v) is 3.58. The number of nitrogens with zero attached hydrogens (tertiary/aromatic N) is 1. The maximum atomic E-state index is 11.5. The molecule has 1 N–H and O–H groups in total. The number of carbonyl (C=O) groups is 1. The Labute approximate surface area is 93.8 Å². The van der Waals surface area contributed by atoms with Crippen molar-refractivity contribution < 1.29 is 14.3 Å². The number of hydrogen-bond donors (Lipinski definition) is 1. The quantitative estimate of drug-likeness (QED) is 0.787. The van der Waals surface area contributed by atoms with E-state index in [4.69, 9.17) is 9.47 Å². The molecule has 0 aliphatic carbocycles. The van der Waals surface area contributed by atoms with Gasteiger partial charge in [0.25, 0.3) is 5.88 Å². The summed E-state index contributed by atoms with van der Waals surface area (Å²) >= 11 is 0. The van der Waals surface area contributed by atoms with E-state index in [1.165, 1.54) is 6.92 Å². The molecule has 1 aliphatic heterocycles. The van der Waals surface area contributed by atoms with Crippen LogP contribution in [0.2, 0.25) is 0 Å². The van der Waals surface area contributed by atoms with Crippen molar-refractivity contribution in [2.24, 2.45) is 0 Å². The molecule has 0 spiro atoms. The van der Waals surface area contributed by atoms with Gasteiger partial charge in [-0.2, -0.15) is 4.98 Å². The topological polar surface area (TPSA) is 60.5 Å². The van der Waals surface area contributed by atoms with Crippen molar-refractivity contribution in [3.8, 4) is 11.6 Å². The molecule has 0 unspecified atom stereocenters. The minimum atomic E-state index is -0.0376. The third-order valence-electron chi connectivity index (χ3n) is 2.29. The van der Waals surface area contributed by atoms with Crippen LogP contribution in [0.4, 0.5) is 5.82 Å². The lowest BCUT2D eigenvalue weighted by atomic mass is 10.2. The molecule has 0 bridgehead atoms. The molecule has 5 nitrogen and oxygen atoms in total. The van der Waals surface area contributed by atoms with Gasteiger partial charge < -0.3 is 14.8 Å². The molecule has 2 heterocycles. The second kappa shape index (κ2) is 4.38. The largest absolute Gasteiger partial charge is 0.452 e. The lowest BCUT2D eigenvalue weighted by Crippen LogP contribution is -2.07. The fourth-order valence-corrected chi connectivity index (χ4v) is 1.48. The molecular formula is C11H14N2O3. The van der Waals surface area contributed by atoms with Gasteiger partial charge in [-0.15, -0.1) is 0 Å². The first-order chi connectivity index (χ1) is 7.72. The number of anilines is 1. The third-order valence-corrected chi connectivity index (χ3v) is 2.29. The standard InChI is InChI=1S/C11H14N2O3/c1-3-4-12-10-8(7(2)14)5-9-11(13-10)16-6-15-9/h5H,3-4,6H2,1-2H3,(H,12,13). The van der Waals surface area contributed by atoms with Crippen molar-refractivity contribution in [3.05, 3.63) is 11.6 Å². The van der Waals surface area contributed by atoms with Crippen molar-refractivity contribution in [1.29, 1.82) is 0 Å². The first-order valence-corrected chi connectivity index (χ1v) is 5.27. The molecule has 0 saturated carbocycles. The Morgan fingerprint density at radius 2 is 2.38 bits per heavy atom. The van der Waals surface area contributed by atoms with Crippen molar-refractivity contribution in [2.75, 3.05) is 18.7 Å². The average molecular weight is 222 g/mol. The van der Waals surface area contributed by atoms with Crippen molar-refractivity contribution in [2.45, 2.75) is 20.3 Å². The van der Waals surface area contributed by atoms with Crippen LogP contribution < -0.4 is 14.8 Å². The van der Waals surface area contributed by atoms with E-state index in [1.807, 2.05) is 6.92 Å². The normalized spacial score (nSPS) is 12.6. The second-order valence-electron chi connectivity index (χ2n) is 3.58. The zero-order valence-electron chi connectivity index (χ0n) is 9.37. The number of fused-ring (bicyclic) bond motifs is 1. The lowest BCUT2D eigenvalue weighted by molar-refractivity contribution is 0.101. The highest BCUT2D eigenvalue weighted by molar-refractivity contribution is 5.99. The van der Waals surface area contributed by atoms with Gasteiger partial charge in [0.05, 0.1) is 5.56 Å². The van der Waals surface area contributed by atoms with Gasteiger partial charge >= 0.3 is 0 Å². The van der Waals surface area contributed by atoms with E-state index < -0.39 is 0 Å². The minimum absolute atomic E-state index is 0.0376. The van der Waals surface area contributed by atoms with E-state index in [0.29, 0.717) is 23.0 Å². The molecule has 5 heteroatoms. The molecule has 1 aliphatic rings. The maximum absolute atomic E-state index is 11.5. The molecule has 16 heavy (non-hydrogen) atoms. The molecule has 0 amide bonds. The van der Waals surface area contributed by atoms with Crippen LogP contribution in [0, 0.1) is 0 Å². The van der Waals surface area contributed by atoms with Crippen LogP contribution in [0.1, 0.15) is 30.6 Å². The number of nitrogens with one attached hydrogen (secondary N) is 1. The lowest BCUT2D eigenvalue weighted by Gasteiger charge is -2.08. The molecule has 0 saturated heterocycles. The smallest absolute Gasteiger partial charge is 0.262 e. The first-order valence-electron chi connectivity index (χ1n) is 5.27. The van der Waals surface area contributed by atoms with Gasteiger partial charge in [-0.05, 0) is 13.3 Å². The van der Waals surface area contributed by atoms with Crippen LogP contribution in [0.5, 0.6) is 11.6 Å². The molecular weight excluding hydrogens is 208 g/mol. The zero-order chi connectivity index (χ0) is 11.5. The number of carbonyl (C=O) groups excluding carboxylic acids is 1. The van der Waals surface area contributed by atoms with Gasteiger partial charge in [-0.25, -0.2) is 0 Å². The van der Waals surface area contributed by atoms with Crippen LogP contribution in [0.15, 0.2) is 6.07 Å². The van der Waals surface area contributed by atoms with Gasteiger partial charge in [0.15, 0.2) is 11.5 Å². The summed E-state index contributed by atoms with van der Waals surface area (Å²) in [5.41, 5.74) is 0.540. The Kier molecular flexibility index (Phi) is 2.94. The summed E-state index contributed by atoms with van der Waals surface area (Å²) in [6, 6.07) is 1.68. The molecule has 0 atom stereocenters. The van der Waals surface area contributed by atoms with Gasteiger partial charge in [-0.3, -0.25) is 4.79 Å². The molecule has 1 aromatic heterocycles. The highest BCUT2D eigenvalue weighted by atomic mass is 16.7. The third kappa shape index (κ3) is 1.93. The summed E-state index contributed by atoms with van der Waals surface area (Å²) in [6.07, 6.45) is 0.966. The summed E-state index contributed by atoms with van der Waals surface area (Å²) in [4.78, 5) is 15.7. The highest BCUT2D eigenvalue weighted by Crippen LogP contribution is 2.33. The summed E-state index contributed by atoms with van der Waals surface area (Å²) in [5, 5.41) is 3.11. The number of Topliss-reactive ketones (excluding diaryl/α,β-unsaturated/α-hetero) is 1. The highest BCUT2D eigenvalue weighted by Gasteiger charge is 2.20. The number of aromatic nitrogens is 1. The summed E-state index contributed by atoms with van der Waals surface area (Å²) < 4.78 is 10.4. The Bertz CT molecular complexity index is 418. The van der Waals surface area contributed by atoms with Gasteiger partial charge in [-0.1, -0.05) is 6.92 Å². The van der Waals surface area contributed by atoms with Crippen LogP contribution in [-0.4, -0.2) is 24.1 Å². The van der Waals surface area contributed by atoms with E-state index >= 15 is 0 Å². The molecule has 86 valence electrons. The zero-order valence-corrected chi connectivity index (χ0v) is 9.37. The summed E-state index contributed by atoms with van der Waals surface area (Å²) in [6.45, 7) is 4.49. The Balaban J connectivity index is 2.36. The molecule has 1 aromatic rings. The molecule has 0 aromatic carbocycles. The van der Waals surface area contributed by atoms with E-state index in [9.17, 15) is 4.79 Å². The predicted molar refractivity (Wildman–Crippen MR) is 59.1 cm³/mol. The molecule has 0 fully saturated rings. The summed E-state index contributed by atoms with van der Waals surface area (Å²) in [7, 11) is 0. The van der Waals surface area contributed by atoms with Gasteiger partial charge in [0, 0.05) is 12.6 Å². The number of pyridine rings is 1. The van der Waals surface area contributed by atoms with Gasteiger partial charge in [0.2, 0.25) is 6.79 Å². The van der Waals surface area contributed by atoms with E-state index in [-0.39, 0.29) is 12.6 Å². The number of hydrogen-bond acceptors (Lipinski definition) is 5. The van der Waals surface area contributed by atoms with Crippen LogP contribution >= 0.6 is 0 Å². The monoisotopic (exact) mass is 222 g/mol. The Morgan fingerprint density at radius 1 is 1.56 bits per heavy atom. The van der Waals surface area contributed by atoms with Crippen molar-refractivity contribution in [1.82, 2.24) is 4.98 Å². The minimum Gasteiger partial charge on any atom is -0.452 e. The van der Waals surface area contributed by atoms with Crippen molar-refractivity contribution >= 4 is 11.6 Å². The van der Waals surface area contributed by atoms with E-state index in [0.717, 1.165) is 13.0 Å². The van der Waals surface area contributed by atoms with Crippen LogP contribution in [-0.2, 0) is 0 Å². The SMILES string of the molecule is CCCNc1nc2c(cc1C(C)=O)OCO2. The predicted octanol–water partition coefficient (Wildman–Crippen LogP) is 1.83. The van der Waals surface area contributed by atoms with E-state index in [1.54, 1.807) is 6.07 Å².